The number of hydrogen-bond donors (Lipinski definition) is 0. The van der Waals surface area contributed by atoms with Gasteiger partial charge in [0.2, 0.25) is 5.89 Å². The third kappa shape index (κ3) is 1.66. The predicted octanol–water partition coefficient (Wildman–Crippen LogP) is 3.04. The topological polar surface area (TPSA) is 26.0 Å². The van der Waals surface area contributed by atoms with Crippen LogP contribution in [0.2, 0.25) is 0 Å². The molecule has 3 heteroatoms. The van der Waals surface area contributed by atoms with Gasteiger partial charge in [-0.3, -0.25) is 0 Å². The van der Waals surface area contributed by atoms with Gasteiger partial charge in [0.25, 0.3) is 0 Å². The fraction of sp³-hybridized carbons (Fsp3) is 0.182. The molecule has 2 aromatic rings. The Morgan fingerprint density at radius 2 is 2.00 bits per heavy atom. The van der Waals surface area contributed by atoms with Crippen molar-refractivity contribution in [1.82, 2.24) is 4.98 Å². The van der Waals surface area contributed by atoms with Crippen LogP contribution in [0.25, 0.3) is 11.5 Å². The molecule has 0 N–H and O–H groups in total. The molecule has 0 saturated carbocycles. The molecule has 0 spiro atoms. The third-order valence-corrected chi connectivity index (χ3v) is 1.99. The minimum absolute atomic E-state index is 0.254. The summed E-state index contributed by atoms with van der Waals surface area (Å²) >= 11 is 0. The van der Waals surface area contributed by atoms with Gasteiger partial charge in [0.05, 0.1) is 6.20 Å². The zero-order chi connectivity index (χ0) is 9.97. The monoisotopic (exact) mass is 191 g/mol. The third-order valence-electron chi connectivity index (χ3n) is 1.99. The first kappa shape index (κ1) is 8.94. The van der Waals surface area contributed by atoms with Gasteiger partial charge >= 0.3 is 0 Å². The fourth-order valence-electron chi connectivity index (χ4n) is 1.20. The van der Waals surface area contributed by atoms with E-state index in [1.807, 2.05) is 6.92 Å². The van der Waals surface area contributed by atoms with Crippen LogP contribution in [-0.2, 0) is 6.42 Å². The van der Waals surface area contributed by atoms with Crippen LogP contribution < -0.4 is 0 Å². The zero-order valence-electron chi connectivity index (χ0n) is 7.83. The molecule has 0 aliphatic carbocycles. The van der Waals surface area contributed by atoms with Crippen LogP contribution in [0, 0.1) is 5.82 Å². The van der Waals surface area contributed by atoms with Crippen molar-refractivity contribution in [1.29, 1.82) is 0 Å². The van der Waals surface area contributed by atoms with Crippen LogP contribution in [-0.4, -0.2) is 4.98 Å². The van der Waals surface area contributed by atoms with Crippen molar-refractivity contribution in [2.45, 2.75) is 13.3 Å². The zero-order valence-corrected chi connectivity index (χ0v) is 7.83. The average molecular weight is 191 g/mol. The van der Waals surface area contributed by atoms with Crippen LogP contribution in [0.1, 0.15) is 12.7 Å². The summed E-state index contributed by atoms with van der Waals surface area (Å²) in [5.41, 5.74) is 0.797. The van der Waals surface area contributed by atoms with Crippen molar-refractivity contribution in [3.05, 3.63) is 42.0 Å². The molecule has 2 rings (SSSR count). The van der Waals surface area contributed by atoms with E-state index in [1.165, 1.54) is 12.1 Å². The lowest BCUT2D eigenvalue weighted by atomic mass is 10.2. The van der Waals surface area contributed by atoms with Crippen LogP contribution >= 0.6 is 0 Å². The highest BCUT2D eigenvalue weighted by atomic mass is 19.1. The molecule has 1 aromatic carbocycles. The maximum Gasteiger partial charge on any atom is 0.226 e. The van der Waals surface area contributed by atoms with Crippen LogP contribution in [0.4, 0.5) is 4.39 Å². The van der Waals surface area contributed by atoms with Crippen molar-refractivity contribution in [2.75, 3.05) is 0 Å². The van der Waals surface area contributed by atoms with Gasteiger partial charge in [0.1, 0.15) is 11.6 Å². The molecule has 0 amide bonds. The molecule has 0 fully saturated rings. The second-order valence-electron chi connectivity index (χ2n) is 2.99. The molecule has 0 saturated heterocycles. The van der Waals surface area contributed by atoms with Crippen molar-refractivity contribution in [3.63, 3.8) is 0 Å². The lowest BCUT2D eigenvalue weighted by molar-refractivity contribution is 0.524. The fourth-order valence-corrected chi connectivity index (χ4v) is 1.20. The van der Waals surface area contributed by atoms with E-state index >= 15 is 0 Å². The van der Waals surface area contributed by atoms with Crippen molar-refractivity contribution < 1.29 is 8.81 Å². The summed E-state index contributed by atoms with van der Waals surface area (Å²) in [4.78, 5) is 4.10. The molecular weight excluding hydrogens is 181 g/mol. The second kappa shape index (κ2) is 3.62. The van der Waals surface area contributed by atoms with E-state index in [0.29, 0.717) is 5.89 Å². The minimum Gasteiger partial charge on any atom is -0.441 e. The van der Waals surface area contributed by atoms with Gasteiger partial charge in [-0.25, -0.2) is 9.37 Å². The molecule has 72 valence electrons. The van der Waals surface area contributed by atoms with E-state index in [2.05, 4.69) is 4.98 Å². The SMILES string of the molecule is CCc1cnc(-c2ccc(F)cc2)o1. The number of aryl methyl sites for hydroxylation is 1. The van der Waals surface area contributed by atoms with Crippen molar-refractivity contribution >= 4 is 0 Å². The summed E-state index contributed by atoms with van der Waals surface area (Å²) in [5, 5.41) is 0. The van der Waals surface area contributed by atoms with E-state index in [0.717, 1.165) is 17.7 Å². The Morgan fingerprint density at radius 1 is 1.29 bits per heavy atom. The molecular formula is C11H10FNO. The number of hydrogen-bond acceptors (Lipinski definition) is 2. The van der Waals surface area contributed by atoms with E-state index in [4.69, 9.17) is 4.42 Å². The van der Waals surface area contributed by atoms with Crippen molar-refractivity contribution in [2.24, 2.45) is 0 Å². The summed E-state index contributed by atoms with van der Waals surface area (Å²) in [6.07, 6.45) is 2.51. The standard InChI is InChI=1S/C11H10FNO/c1-2-10-7-13-11(14-10)8-3-5-9(12)6-4-8/h3-7H,2H2,1H3. The number of aromatic nitrogens is 1. The highest BCUT2D eigenvalue weighted by Crippen LogP contribution is 2.19. The highest BCUT2D eigenvalue weighted by molar-refractivity contribution is 5.52. The van der Waals surface area contributed by atoms with E-state index in [1.54, 1.807) is 18.3 Å². The Kier molecular flexibility index (Phi) is 2.31. The van der Waals surface area contributed by atoms with Crippen molar-refractivity contribution in [3.8, 4) is 11.5 Å². The molecule has 0 atom stereocenters. The van der Waals surface area contributed by atoms with E-state index in [9.17, 15) is 4.39 Å². The minimum atomic E-state index is -0.254. The Hall–Kier alpha value is -1.64. The Labute approximate surface area is 81.4 Å². The largest absolute Gasteiger partial charge is 0.441 e. The molecule has 14 heavy (non-hydrogen) atoms. The maximum atomic E-state index is 12.6. The van der Waals surface area contributed by atoms with Gasteiger partial charge < -0.3 is 4.42 Å². The summed E-state index contributed by atoms with van der Waals surface area (Å²) < 4.78 is 18.0. The van der Waals surface area contributed by atoms with E-state index < -0.39 is 0 Å². The van der Waals surface area contributed by atoms with Crippen LogP contribution in [0.15, 0.2) is 34.9 Å². The van der Waals surface area contributed by atoms with Gasteiger partial charge in [-0.05, 0) is 24.3 Å². The summed E-state index contributed by atoms with van der Waals surface area (Å²) in [6, 6.07) is 6.09. The second-order valence-corrected chi connectivity index (χ2v) is 2.99. The first-order chi connectivity index (χ1) is 6.79. The molecule has 0 bridgehead atoms. The maximum absolute atomic E-state index is 12.6. The Morgan fingerprint density at radius 3 is 2.57 bits per heavy atom. The predicted molar refractivity (Wildman–Crippen MR) is 51.3 cm³/mol. The molecule has 2 nitrogen and oxygen atoms in total. The Bertz CT molecular complexity index is 419. The first-order valence-electron chi connectivity index (χ1n) is 4.50. The first-order valence-corrected chi connectivity index (χ1v) is 4.50. The smallest absolute Gasteiger partial charge is 0.226 e. The summed E-state index contributed by atoms with van der Waals surface area (Å²) in [5.74, 6) is 1.13. The van der Waals surface area contributed by atoms with Gasteiger partial charge in [-0.15, -0.1) is 0 Å². The van der Waals surface area contributed by atoms with Crippen LogP contribution in [0.5, 0.6) is 0 Å². The quantitative estimate of drug-likeness (QED) is 0.729. The van der Waals surface area contributed by atoms with Gasteiger partial charge in [-0.1, -0.05) is 6.92 Å². The van der Waals surface area contributed by atoms with Gasteiger partial charge in [-0.2, -0.15) is 0 Å². The number of rotatable bonds is 2. The Balaban J connectivity index is 2.34. The van der Waals surface area contributed by atoms with Gasteiger partial charge in [0, 0.05) is 12.0 Å². The van der Waals surface area contributed by atoms with Gasteiger partial charge in [0.15, 0.2) is 0 Å². The number of benzene rings is 1. The molecule has 0 aliphatic heterocycles. The number of halogens is 1. The number of nitrogens with zero attached hydrogens (tertiary/aromatic N) is 1. The lowest BCUT2D eigenvalue weighted by Gasteiger charge is -1.94. The molecule has 1 heterocycles. The highest BCUT2D eigenvalue weighted by Gasteiger charge is 2.04. The molecule has 0 radical (unpaired) electrons. The van der Waals surface area contributed by atoms with Crippen LogP contribution in [0.3, 0.4) is 0 Å². The molecule has 0 unspecified atom stereocenters. The summed E-state index contributed by atoms with van der Waals surface area (Å²) in [7, 11) is 0. The number of oxazole rings is 1. The normalized spacial score (nSPS) is 10.4. The average Bonchev–Trinajstić information content (AvgIpc) is 2.67. The van der Waals surface area contributed by atoms with E-state index in [-0.39, 0.29) is 5.82 Å². The molecule has 0 aliphatic rings. The summed E-state index contributed by atoms with van der Waals surface area (Å²) in [6.45, 7) is 1.99. The molecule has 1 aromatic heterocycles. The lowest BCUT2D eigenvalue weighted by Crippen LogP contribution is -1.77.